The smallest absolute Gasteiger partial charge is 0.329 e. The third-order valence-electron chi connectivity index (χ3n) is 6.56. The zero-order chi connectivity index (χ0) is 25.7. The Kier molecular flexibility index (Phi) is 10.1. The van der Waals surface area contributed by atoms with Crippen LogP contribution < -0.4 is 10.6 Å². The van der Waals surface area contributed by atoms with Crippen molar-refractivity contribution < 1.29 is 23.9 Å². The molecule has 2 aliphatic rings. The van der Waals surface area contributed by atoms with Crippen molar-refractivity contribution in [3.8, 4) is 0 Å². The van der Waals surface area contributed by atoms with Crippen LogP contribution in [0.3, 0.4) is 0 Å². The van der Waals surface area contributed by atoms with Crippen molar-refractivity contribution in [2.24, 2.45) is 23.7 Å². The molecule has 3 amide bonds. The Hall–Kier alpha value is -3.30. The highest BCUT2D eigenvalue weighted by atomic mass is 16.5. The SMILES string of the molecule is C.CCOC(=O)C1[C@H]2CC=C[C@H]2CN1C(=O)[C@@H](NC(=O)[C@@H](NC(=O)c1cnccn1)C(C)C)C(C)C. The van der Waals surface area contributed by atoms with E-state index in [1.165, 1.54) is 18.6 Å². The molecule has 0 saturated carbocycles. The molecule has 0 spiro atoms. The fourth-order valence-corrected chi connectivity index (χ4v) is 4.72. The average molecular weight is 502 g/mol. The minimum absolute atomic E-state index is 0. The zero-order valence-electron chi connectivity index (χ0n) is 20.9. The highest BCUT2D eigenvalue weighted by Gasteiger charge is 2.50. The van der Waals surface area contributed by atoms with Gasteiger partial charge in [0.05, 0.1) is 12.8 Å². The van der Waals surface area contributed by atoms with Crippen molar-refractivity contribution >= 4 is 23.7 Å². The van der Waals surface area contributed by atoms with E-state index in [1.807, 2.05) is 26.0 Å². The molecule has 2 heterocycles. The average Bonchev–Trinajstić information content (AvgIpc) is 3.42. The summed E-state index contributed by atoms with van der Waals surface area (Å²) in [7, 11) is 0. The number of rotatable bonds is 9. The summed E-state index contributed by atoms with van der Waals surface area (Å²) in [5.41, 5.74) is 0.0939. The Labute approximate surface area is 213 Å². The maximum absolute atomic E-state index is 13.7. The Bertz CT molecular complexity index is 965. The van der Waals surface area contributed by atoms with Gasteiger partial charge in [-0.2, -0.15) is 0 Å². The first-order valence-corrected chi connectivity index (χ1v) is 12.2. The Balaban J connectivity index is 0.00000456. The lowest BCUT2D eigenvalue weighted by Crippen LogP contribution is -2.59. The molecular formula is C26H39N5O5. The first-order chi connectivity index (χ1) is 16.6. The zero-order valence-corrected chi connectivity index (χ0v) is 20.9. The molecule has 10 nitrogen and oxygen atoms in total. The number of nitrogens with zero attached hydrogens (tertiary/aromatic N) is 3. The Morgan fingerprint density at radius 3 is 2.36 bits per heavy atom. The monoisotopic (exact) mass is 501 g/mol. The number of allylic oxidation sites excluding steroid dienone is 1. The summed E-state index contributed by atoms with van der Waals surface area (Å²) >= 11 is 0. The van der Waals surface area contributed by atoms with Gasteiger partial charge in [-0.05, 0) is 25.2 Å². The van der Waals surface area contributed by atoms with Crippen LogP contribution in [0.25, 0.3) is 0 Å². The molecule has 0 aromatic carbocycles. The summed E-state index contributed by atoms with van der Waals surface area (Å²) in [5.74, 6) is -2.16. The molecule has 2 N–H and O–H groups in total. The number of nitrogens with one attached hydrogen (secondary N) is 2. The second-order valence-electron chi connectivity index (χ2n) is 9.70. The highest BCUT2D eigenvalue weighted by molar-refractivity contribution is 5.97. The number of esters is 1. The first kappa shape index (κ1) is 28.9. The Morgan fingerprint density at radius 1 is 1.08 bits per heavy atom. The van der Waals surface area contributed by atoms with Gasteiger partial charge in [-0.1, -0.05) is 47.3 Å². The van der Waals surface area contributed by atoms with E-state index in [-0.39, 0.29) is 49.3 Å². The van der Waals surface area contributed by atoms with E-state index >= 15 is 0 Å². The van der Waals surface area contributed by atoms with Gasteiger partial charge in [-0.25, -0.2) is 9.78 Å². The summed E-state index contributed by atoms with van der Waals surface area (Å²) in [4.78, 5) is 61.7. The van der Waals surface area contributed by atoms with Crippen LogP contribution in [-0.2, 0) is 19.1 Å². The molecule has 1 unspecified atom stereocenters. The van der Waals surface area contributed by atoms with Gasteiger partial charge in [-0.3, -0.25) is 19.4 Å². The number of ether oxygens (including phenoxy) is 1. The van der Waals surface area contributed by atoms with Crippen molar-refractivity contribution in [3.63, 3.8) is 0 Å². The van der Waals surface area contributed by atoms with Crippen LogP contribution in [0.4, 0.5) is 0 Å². The molecule has 1 fully saturated rings. The second kappa shape index (κ2) is 12.6. The minimum Gasteiger partial charge on any atom is -0.464 e. The molecule has 1 aliphatic heterocycles. The van der Waals surface area contributed by atoms with Crippen molar-refractivity contribution in [2.45, 2.75) is 66.6 Å². The summed E-state index contributed by atoms with van der Waals surface area (Å²) in [6, 6.07) is -2.44. The van der Waals surface area contributed by atoms with Crippen molar-refractivity contribution in [1.29, 1.82) is 0 Å². The van der Waals surface area contributed by atoms with Gasteiger partial charge >= 0.3 is 5.97 Å². The van der Waals surface area contributed by atoms with Crippen molar-refractivity contribution in [2.75, 3.05) is 13.2 Å². The highest BCUT2D eigenvalue weighted by Crippen LogP contribution is 2.39. The van der Waals surface area contributed by atoms with Crippen LogP contribution in [0.15, 0.2) is 30.7 Å². The van der Waals surface area contributed by atoms with Gasteiger partial charge in [-0.15, -0.1) is 0 Å². The number of fused-ring (bicyclic) bond motifs is 1. The van der Waals surface area contributed by atoms with Crippen LogP contribution in [0, 0.1) is 23.7 Å². The largest absolute Gasteiger partial charge is 0.464 e. The summed E-state index contributed by atoms with van der Waals surface area (Å²) in [5, 5.41) is 5.54. The fourth-order valence-electron chi connectivity index (χ4n) is 4.72. The first-order valence-electron chi connectivity index (χ1n) is 12.2. The van der Waals surface area contributed by atoms with Crippen LogP contribution in [0.2, 0.25) is 0 Å². The van der Waals surface area contributed by atoms with Crippen molar-refractivity contribution in [3.05, 3.63) is 36.4 Å². The van der Waals surface area contributed by atoms with Gasteiger partial charge in [0.25, 0.3) is 5.91 Å². The third-order valence-corrected chi connectivity index (χ3v) is 6.56. The maximum atomic E-state index is 13.7. The van der Waals surface area contributed by atoms with Crippen LogP contribution in [-0.4, -0.2) is 69.8 Å². The van der Waals surface area contributed by atoms with Gasteiger partial charge in [0.1, 0.15) is 23.8 Å². The predicted octanol–water partition coefficient (Wildman–Crippen LogP) is 1.97. The molecule has 1 aromatic heterocycles. The summed E-state index contributed by atoms with van der Waals surface area (Å²) < 4.78 is 5.28. The topological polar surface area (TPSA) is 131 Å². The number of carbonyl (C=O) groups is 4. The quantitative estimate of drug-likeness (QED) is 0.391. The Morgan fingerprint density at radius 2 is 1.78 bits per heavy atom. The standard InChI is InChI=1S/C25H35N5O5.CH4/c1-6-35-25(34)21-17-9-7-8-16(17)13-30(21)24(33)20(15(4)5)29-23(32)19(14(2)3)28-22(31)18-12-26-10-11-27-18;/h7-8,10-12,14-17,19-21H,6,9,13H2,1-5H3,(H,28,31)(H,29,32);1H4/t16-,17-,19-,20-,21?;/m0./s1. The van der Waals surface area contributed by atoms with Gasteiger partial charge in [0.15, 0.2) is 0 Å². The summed E-state index contributed by atoms with van der Waals surface area (Å²) in [6.45, 7) is 9.65. The van der Waals surface area contributed by atoms with Gasteiger partial charge in [0, 0.05) is 30.8 Å². The van der Waals surface area contributed by atoms with Gasteiger partial charge < -0.3 is 20.3 Å². The number of hydrogen-bond donors (Lipinski definition) is 2. The molecule has 0 radical (unpaired) electrons. The normalized spacial score (nSPS) is 22.0. The lowest BCUT2D eigenvalue weighted by Gasteiger charge is -2.32. The molecule has 1 aromatic rings. The molecule has 3 rings (SSSR count). The molecule has 10 heteroatoms. The number of amides is 3. The van der Waals surface area contributed by atoms with Crippen LogP contribution in [0.5, 0.6) is 0 Å². The second-order valence-corrected chi connectivity index (χ2v) is 9.70. The van der Waals surface area contributed by atoms with E-state index in [0.29, 0.717) is 13.0 Å². The third kappa shape index (κ3) is 6.27. The predicted molar refractivity (Wildman–Crippen MR) is 134 cm³/mol. The van der Waals surface area contributed by atoms with Crippen LogP contribution >= 0.6 is 0 Å². The molecule has 0 bridgehead atoms. The lowest BCUT2D eigenvalue weighted by atomic mass is 9.93. The molecule has 36 heavy (non-hydrogen) atoms. The van der Waals surface area contributed by atoms with E-state index in [2.05, 4.69) is 20.6 Å². The van der Waals surface area contributed by atoms with Crippen molar-refractivity contribution in [1.82, 2.24) is 25.5 Å². The van der Waals surface area contributed by atoms with E-state index in [0.717, 1.165) is 0 Å². The van der Waals surface area contributed by atoms with E-state index in [1.54, 1.807) is 25.7 Å². The number of likely N-dealkylation sites (tertiary alicyclic amines) is 1. The summed E-state index contributed by atoms with van der Waals surface area (Å²) in [6.07, 6.45) is 8.96. The molecule has 1 aliphatic carbocycles. The maximum Gasteiger partial charge on any atom is 0.329 e. The number of carbonyl (C=O) groups excluding carboxylic acids is 4. The lowest BCUT2D eigenvalue weighted by molar-refractivity contribution is -0.155. The number of aromatic nitrogens is 2. The molecular weight excluding hydrogens is 462 g/mol. The van der Waals surface area contributed by atoms with E-state index in [9.17, 15) is 19.2 Å². The molecule has 1 saturated heterocycles. The minimum atomic E-state index is -0.889. The fraction of sp³-hybridized carbons (Fsp3) is 0.615. The van der Waals surface area contributed by atoms with E-state index in [4.69, 9.17) is 4.74 Å². The van der Waals surface area contributed by atoms with Gasteiger partial charge in [0.2, 0.25) is 11.8 Å². The van der Waals surface area contributed by atoms with Crippen LogP contribution in [0.1, 0.15) is 59.0 Å². The number of hydrogen-bond acceptors (Lipinski definition) is 7. The molecule has 198 valence electrons. The van der Waals surface area contributed by atoms with E-state index < -0.39 is 35.9 Å². The molecule has 5 atom stereocenters.